The predicted molar refractivity (Wildman–Crippen MR) is 249 cm³/mol. The molecule has 2 aromatic heterocycles. The molecule has 16 nitrogen and oxygen atoms in total. The van der Waals surface area contributed by atoms with Crippen molar-refractivity contribution in [2.24, 2.45) is 17.3 Å². The second-order valence-corrected chi connectivity index (χ2v) is 22.0. The molecule has 18 heteroatoms. The summed E-state index contributed by atoms with van der Waals surface area (Å²) in [6.07, 6.45) is 6.55. The number of nitrogens with one attached hydrogen (secondary N) is 1. The SMILES string of the molecule is CC(C)n1c(O[C@@H]2C[C@H]3C(=O)C[C@]4(C(=O)NS(=O)(=O)N(C)C)C[C@H]4/C=C\CCCCC[C@H](CC(=O)OC(C)(C)C)C(=O)N3C2)nc2c(-c3nc(-c4ccc5c(c4)OCCO5)cs3)cccc21. The number of hydrogen-bond donors (Lipinski definition) is 1. The summed E-state index contributed by atoms with van der Waals surface area (Å²) >= 11 is 1.49. The average Bonchev–Trinajstić information content (AvgIpc) is 3.60. The van der Waals surface area contributed by atoms with Gasteiger partial charge in [-0.25, -0.2) is 9.71 Å². The van der Waals surface area contributed by atoms with Gasteiger partial charge in [-0.1, -0.05) is 31.1 Å². The Bertz CT molecular complexity index is 2650. The Labute approximate surface area is 390 Å². The maximum Gasteiger partial charge on any atom is 0.307 e. The molecule has 0 radical (unpaired) electrons. The van der Waals surface area contributed by atoms with E-state index in [4.69, 9.17) is 28.9 Å². The number of benzene rings is 2. The van der Waals surface area contributed by atoms with Gasteiger partial charge in [0.15, 0.2) is 17.3 Å². The lowest BCUT2D eigenvalue weighted by Crippen LogP contribution is -2.47. The van der Waals surface area contributed by atoms with Gasteiger partial charge in [-0.3, -0.25) is 23.7 Å². The third-order valence-electron chi connectivity index (χ3n) is 12.7. The summed E-state index contributed by atoms with van der Waals surface area (Å²) in [4.78, 5) is 68.5. The first-order valence-electron chi connectivity index (χ1n) is 22.8. The van der Waals surface area contributed by atoms with Crippen LogP contribution in [-0.4, -0.2) is 107 Å². The van der Waals surface area contributed by atoms with E-state index in [1.165, 1.54) is 30.3 Å². The summed E-state index contributed by atoms with van der Waals surface area (Å²) in [7, 11) is -1.51. The molecule has 5 atom stereocenters. The minimum absolute atomic E-state index is 0.0249. The van der Waals surface area contributed by atoms with E-state index in [0.717, 1.165) is 44.5 Å². The first-order chi connectivity index (χ1) is 31.3. The fourth-order valence-electron chi connectivity index (χ4n) is 9.25. The van der Waals surface area contributed by atoms with Crippen LogP contribution in [0.25, 0.3) is 32.9 Å². The van der Waals surface area contributed by atoms with Crippen molar-refractivity contribution >= 4 is 56.1 Å². The Morgan fingerprint density at radius 1 is 1.05 bits per heavy atom. The lowest BCUT2D eigenvalue weighted by atomic mass is 9.90. The van der Waals surface area contributed by atoms with E-state index in [9.17, 15) is 27.6 Å². The van der Waals surface area contributed by atoms with Gasteiger partial charge >= 0.3 is 16.2 Å². The van der Waals surface area contributed by atoms with Crippen LogP contribution >= 0.6 is 11.3 Å². The summed E-state index contributed by atoms with van der Waals surface area (Å²) in [6.45, 7) is 10.4. The monoisotopic (exact) mass is 944 g/mol. The van der Waals surface area contributed by atoms with Crippen molar-refractivity contribution in [2.45, 2.75) is 116 Å². The molecule has 2 amide bonds. The van der Waals surface area contributed by atoms with E-state index in [1.807, 2.05) is 72.3 Å². The molecule has 3 aliphatic heterocycles. The highest BCUT2D eigenvalue weighted by Gasteiger charge is 2.61. The Kier molecular flexibility index (Phi) is 13.4. The van der Waals surface area contributed by atoms with Crippen LogP contribution in [0.2, 0.25) is 0 Å². The molecule has 8 rings (SSSR count). The second-order valence-electron chi connectivity index (χ2n) is 19.3. The highest BCUT2D eigenvalue weighted by atomic mass is 32.2. The molecular formula is C48H60N6O10S2. The van der Waals surface area contributed by atoms with Crippen LogP contribution in [0.1, 0.15) is 98.4 Å². The molecule has 2 fully saturated rings. The number of imidazole rings is 1. The number of amides is 2. The third kappa shape index (κ3) is 10.0. The zero-order valence-corrected chi connectivity index (χ0v) is 40.3. The van der Waals surface area contributed by atoms with Crippen LogP contribution in [0.5, 0.6) is 17.5 Å². The predicted octanol–water partition coefficient (Wildman–Crippen LogP) is 7.28. The smallest absolute Gasteiger partial charge is 0.307 e. The van der Waals surface area contributed by atoms with Crippen LogP contribution in [0.3, 0.4) is 0 Å². The number of hydrogen-bond acceptors (Lipinski definition) is 13. The molecule has 2 aromatic carbocycles. The number of ether oxygens (including phenoxy) is 4. The Morgan fingerprint density at radius 2 is 1.82 bits per heavy atom. The number of nitrogens with zero attached hydrogens (tertiary/aromatic N) is 5. The van der Waals surface area contributed by atoms with Crippen molar-refractivity contribution in [3.05, 3.63) is 53.9 Å². The molecule has 0 bridgehead atoms. The lowest BCUT2D eigenvalue weighted by Gasteiger charge is -2.29. The van der Waals surface area contributed by atoms with Crippen molar-refractivity contribution in [3.63, 3.8) is 0 Å². The van der Waals surface area contributed by atoms with Gasteiger partial charge in [-0.15, -0.1) is 11.3 Å². The van der Waals surface area contributed by atoms with E-state index in [0.29, 0.717) is 55.5 Å². The number of carbonyl (C=O) groups excluding carboxylic acids is 4. The number of fused-ring (bicyclic) bond motifs is 4. The number of allylic oxidation sites excluding steroid dienone is 2. The molecule has 5 heterocycles. The molecule has 354 valence electrons. The summed E-state index contributed by atoms with van der Waals surface area (Å²) in [6, 6.07) is 10.9. The topological polar surface area (TPSA) is 189 Å². The number of rotatable bonds is 10. The normalized spacial score (nSPS) is 24.3. The molecule has 1 saturated heterocycles. The Hall–Kier alpha value is -5.33. The van der Waals surface area contributed by atoms with E-state index in [-0.39, 0.29) is 55.9 Å². The van der Waals surface area contributed by atoms with Crippen molar-refractivity contribution < 1.29 is 46.5 Å². The quantitative estimate of drug-likeness (QED) is 0.124. The van der Waals surface area contributed by atoms with Crippen molar-refractivity contribution in [1.82, 2.24) is 28.5 Å². The third-order valence-corrected chi connectivity index (χ3v) is 15.0. The zero-order valence-electron chi connectivity index (χ0n) is 38.7. The minimum atomic E-state index is -4.15. The van der Waals surface area contributed by atoms with Gasteiger partial charge in [0.2, 0.25) is 11.8 Å². The summed E-state index contributed by atoms with van der Waals surface area (Å²) < 4.78 is 54.9. The van der Waals surface area contributed by atoms with Crippen LogP contribution in [0.4, 0.5) is 0 Å². The first kappa shape index (κ1) is 47.2. The number of ketones is 1. The fourth-order valence-corrected chi connectivity index (χ4v) is 10.7. The second kappa shape index (κ2) is 18.7. The largest absolute Gasteiger partial charge is 0.486 e. The number of aromatic nitrogens is 3. The molecule has 4 aliphatic rings. The summed E-state index contributed by atoms with van der Waals surface area (Å²) in [5, 5.41) is 2.75. The van der Waals surface area contributed by atoms with E-state index in [1.54, 1.807) is 20.8 Å². The molecular weight excluding hydrogens is 885 g/mol. The maximum atomic E-state index is 14.9. The summed E-state index contributed by atoms with van der Waals surface area (Å²) in [5.41, 5.74) is 1.90. The lowest BCUT2D eigenvalue weighted by molar-refractivity contribution is -0.159. The van der Waals surface area contributed by atoms with Gasteiger partial charge < -0.3 is 23.8 Å². The van der Waals surface area contributed by atoms with Crippen LogP contribution in [0.15, 0.2) is 53.9 Å². The number of para-hydroxylation sites is 1. The molecule has 0 spiro atoms. The van der Waals surface area contributed by atoms with Gasteiger partial charge in [0, 0.05) is 55.4 Å². The molecule has 1 saturated carbocycles. The molecule has 0 unspecified atom stereocenters. The zero-order chi connectivity index (χ0) is 47.1. The van der Waals surface area contributed by atoms with Gasteiger partial charge in [-0.05, 0) is 96.6 Å². The van der Waals surface area contributed by atoms with Crippen molar-refractivity contribution in [3.8, 4) is 39.3 Å². The van der Waals surface area contributed by atoms with Gasteiger partial charge in [0.1, 0.15) is 35.4 Å². The molecule has 4 aromatic rings. The van der Waals surface area contributed by atoms with Crippen LogP contribution in [0, 0.1) is 17.3 Å². The van der Waals surface area contributed by atoms with Gasteiger partial charge in [0.05, 0.1) is 35.6 Å². The number of esters is 1. The number of thiazole rings is 1. The van der Waals surface area contributed by atoms with Crippen molar-refractivity contribution in [2.75, 3.05) is 33.9 Å². The number of carbonyl (C=O) groups is 4. The van der Waals surface area contributed by atoms with E-state index in [2.05, 4.69) is 4.72 Å². The standard InChI is InChI=1S/C48H60N6O10S2/c1-29(2)54-36-17-13-16-34(43-49-35(28-65-43)30-18-19-39-40(22-30)62-21-20-61-39)42(36)50-46(54)63-33-24-37-38(55)26-48(45(58)51-66(59,60)52(6)7)25-32(48)15-12-10-8-9-11-14-31(44(57)53(37)27-33)23-41(56)64-47(3,4)5/h12-13,15-19,22,28-29,31-33,37H,8-11,14,20-21,23-27H2,1-7H3,(H,51,58)/b15-12-/t31-,32-,33-,37+,48-/m1/s1. The van der Waals surface area contributed by atoms with Gasteiger partial charge in [0.25, 0.3) is 6.01 Å². The van der Waals surface area contributed by atoms with Crippen LogP contribution in [-0.2, 0) is 34.1 Å². The van der Waals surface area contributed by atoms with Gasteiger partial charge in [-0.2, -0.15) is 17.7 Å². The van der Waals surface area contributed by atoms with Crippen molar-refractivity contribution in [1.29, 1.82) is 0 Å². The summed E-state index contributed by atoms with van der Waals surface area (Å²) in [5.74, 6) is -1.76. The fraction of sp³-hybridized carbons (Fsp3) is 0.542. The average molecular weight is 945 g/mol. The first-order valence-corrected chi connectivity index (χ1v) is 25.2. The Morgan fingerprint density at radius 3 is 2.56 bits per heavy atom. The number of Topliss-reactive ketones (excluding diaryl/α,β-unsaturated/α-hetero) is 1. The highest BCUT2D eigenvalue weighted by molar-refractivity contribution is 7.87. The minimum Gasteiger partial charge on any atom is -0.486 e. The highest BCUT2D eigenvalue weighted by Crippen LogP contribution is 2.57. The molecule has 66 heavy (non-hydrogen) atoms. The Balaban J connectivity index is 1.11. The van der Waals surface area contributed by atoms with E-state index >= 15 is 0 Å². The molecule has 1 N–H and O–H groups in total. The maximum absolute atomic E-state index is 14.9. The van der Waals surface area contributed by atoms with Crippen LogP contribution < -0.4 is 18.9 Å². The van der Waals surface area contributed by atoms with E-state index < -0.39 is 51.2 Å². The molecule has 1 aliphatic carbocycles.